The number of nitrogens with zero attached hydrogens (tertiary/aromatic N) is 1. The Kier molecular flexibility index (Phi) is 2.60. The van der Waals surface area contributed by atoms with Crippen LogP contribution in [0.4, 0.5) is 0 Å². The highest BCUT2D eigenvalue weighted by molar-refractivity contribution is 6.33. The molecule has 0 fully saturated rings. The van der Waals surface area contributed by atoms with Crippen LogP contribution in [0, 0.1) is 6.92 Å². The summed E-state index contributed by atoms with van der Waals surface area (Å²) in [5.41, 5.74) is 2.43. The number of carbonyl (C=O) groups excluding carboxylic acids is 2. The minimum atomic E-state index is -0.219. The molecule has 1 aromatic rings. The van der Waals surface area contributed by atoms with Gasteiger partial charge >= 0.3 is 0 Å². The van der Waals surface area contributed by atoms with E-state index in [1.165, 1.54) is 11.0 Å². The number of imide groups is 1. The van der Waals surface area contributed by atoms with Gasteiger partial charge < -0.3 is 0 Å². The zero-order valence-corrected chi connectivity index (χ0v) is 9.36. The van der Waals surface area contributed by atoms with E-state index < -0.39 is 0 Å². The van der Waals surface area contributed by atoms with Gasteiger partial charge in [0.1, 0.15) is 0 Å². The zero-order valence-electron chi connectivity index (χ0n) is 9.36. The summed E-state index contributed by atoms with van der Waals surface area (Å²) in [5, 5.41) is 0. The molecule has 0 saturated carbocycles. The lowest BCUT2D eigenvalue weighted by atomic mass is 10.0. The van der Waals surface area contributed by atoms with E-state index in [1.54, 1.807) is 6.92 Å². The zero-order chi connectivity index (χ0) is 11.7. The second-order valence-electron chi connectivity index (χ2n) is 3.81. The van der Waals surface area contributed by atoms with E-state index in [0.717, 1.165) is 11.1 Å². The van der Waals surface area contributed by atoms with Crippen molar-refractivity contribution in [1.29, 1.82) is 0 Å². The van der Waals surface area contributed by atoms with Crippen molar-refractivity contribution in [3.05, 3.63) is 41.5 Å². The minimum absolute atomic E-state index is 0.198. The van der Waals surface area contributed by atoms with Gasteiger partial charge in [-0.3, -0.25) is 14.5 Å². The average molecular weight is 215 g/mol. The Bertz CT molecular complexity index is 471. The van der Waals surface area contributed by atoms with Crippen molar-refractivity contribution in [2.24, 2.45) is 0 Å². The standard InChI is InChI=1S/C13H13NO2/c1-3-14-12(15)8-11(13(14)16)10-6-4-9(2)5-7-10/h4-8H,3H2,1-2H3. The van der Waals surface area contributed by atoms with Crippen molar-refractivity contribution in [1.82, 2.24) is 4.90 Å². The molecule has 16 heavy (non-hydrogen) atoms. The highest BCUT2D eigenvalue weighted by Crippen LogP contribution is 2.23. The third-order valence-corrected chi connectivity index (χ3v) is 2.69. The molecule has 82 valence electrons. The summed E-state index contributed by atoms with van der Waals surface area (Å²) in [4.78, 5) is 24.6. The van der Waals surface area contributed by atoms with Crippen molar-refractivity contribution >= 4 is 17.4 Å². The van der Waals surface area contributed by atoms with Gasteiger partial charge in [0.15, 0.2) is 0 Å². The Morgan fingerprint density at radius 2 is 1.75 bits per heavy atom. The molecule has 1 aliphatic heterocycles. The summed E-state index contributed by atoms with van der Waals surface area (Å²) in [6.07, 6.45) is 1.41. The van der Waals surface area contributed by atoms with E-state index in [0.29, 0.717) is 12.1 Å². The fraction of sp³-hybridized carbons (Fsp3) is 0.231. The number of aryl methyl sites for hydroxylation is 1. The van der Waals surface area contributed by atoms with Gasteiger partial charge in [-0.15, -0.1) is 0 Å². The Labute approximate surface area is 94.4 Å². The molecule has 2 amide bonds. The number of hydrogen-bond acceptors (Lipinski definition) is 2. The van der Waals surface area contributed by atoms with Crippen molar-refractivity contribution in [2.45, 2.75) is 13.8 Å². The van der Waals surface area contributed by atoms with Crippen LogP contribution in [0.1, 0.15) is 18.1 Å². The number of amides is 2. The van der Waals surface area contributed by atoms with Crippen molar-refractivity contribution in [3.63, 3.8) is 0 Å². The largest absolute Gasteiger partial charge is 0.275 e. The van der Waals surface area contributed by atoms with Crippen LogP contribution in [-0.4, -0.2) is 23.3 Å². The maximum atomic E-state index is 11.9. The van der Waals surface area contributed by atoms with Gasteiger partial charge in [-0.2, -0.15) is 0 Å². The van der Waals surface area contributed by atoms with Gasteiger partial charge in [0.25, 0.3) is 11.8 Å². The molecule has 0 atom stereocenters. The summed E-state index contributed by atoms with van der Waals surface area (Å²) >= 11 is 0. The molecular formula is C13H13NO2. The molecular weight excluding hydrogens is 202 g/mol. The first-order valence-electron chi connectivity index (χ1n) is 5.28. The predicted octanol–water partition coefficient (Wildman–Crippen LogP) is 1.77. The average Bonchev–Trinajstić information content (AvgIpc) is 2.55. The first-order chi connectivity index (χ1) is 7.63. The molecule has 0 bridgehead atoms. The molecule has 3 nitrogen and oxygen atoms in total. The van der Waals surface area contributed by atoms with Gasteiger partial charge in [0.05, 0.1) is 5.57 Å². The van der Waals surface area contributed by atoms with E-state index in [9.17, 15) is 9.59 Å². The summed E-state index contributed by atoms with van der Waals surface area (Å²) < 4.78 is 0. The highest BCUT2D eigenvalue weighted by Gasteiger charge is 2.30. The first-order valence-corrected chi connectivity index (χ1v) is 5.28. The lowest BCUT2D eigenvalue weighted by molar-refractivity contribution is -0.136. The normalized spacial score (nSPS) is 15.6. The van der Waals surface area contributed by atoms with Crippen LogP contribution in [0.3, 0.4) is 0 Å². The second kappa shape index (κ2) is 3.93. The molecule has 2 rings (SSSR count). The van der Waals surface area contributed by atoms with E-state index in [2.05, 4.69) is 0 Å². The third kappa shape index (κ3) is 1.65. The molecule has 1 aliphatic rings. The Morgan fingerprint density at radius 1 is 1.12 bits per heavy atom. The molecule has 0 aromatic heterocycles. The molecule has 0 saturated heterocycles. The molecule has 0 radical (unpaired) electrons. The van der Waals surface area contributed by atoms with Crippen LogP contribution in [0.25, 0.3) is 5.57 Å². The predicted molar refractivity (Wildman–Crippen MR) is 61.6 cm³/mol. The van der Waals surface area contributed by atoms with Gasteiger partial charge in [-0.05, 0) is 19.4 Å². The second-order valence-corrected chi connectivity index (χ2v) is 3.81. The summed E-state index contributed by atoms with van der Waals surface area (Å²) in [7, 11) is 0. The highest BCUT2D eigenvalue weighted by atomic mass is 16.2. The van der Waals surface area contributed by atoms with E-state index >= 15 is 0 Å². The SMILES string of the molecule is CCN1C(=O)C=C(c2ccc(C)cc2)C1=O. The van der Waals surface area contributed by atoms with Crippen LogP contribution >= 0.6 is 0 Å². The van der Waals surface area contributed by atoms with Gasteiger partial charge in [0, 0.05) is 12.6 Å². The fourth-order valence-electron chi connectivity index (χ4n) is 1.75. The number of likely N-dealkylation sites (N-methyl/N-ethyl adjacent to an activating group) is 1. The summed E-state index contributed by atoms with van der Waals surface area (Å²) in [5.74, 6) is -0.417. The van der Waals surface area contributed by atoms with Gasteiger partial charge in [-0.1, -0.05) is 29.8 Å². The number of hydrogen-bond donors (Lipinski definition) is 0. The van der Waals surface area contributed by atoms with Crippen molar-refractivity contribution in [3.8, 4) is 0 Å². The molecule has 0 aliphatic carbocycles. The van der Waals surface area contributed by atoms with Crippen LogP contribution in [0.2, 0.25) is 0 Å². The molecule has 0 N–H and O–H groups in total. The van der Waals surface area contributed by atoms with Crippen LogP contribution < -0.4 is 0 Å². The van der Waals surface area contributed by atoms with Gasteiger partial charge in [-0.25, -0.2) is 0 Å². The lowest BCUT2D eigenvalue weighted by Gasteiger charge is -2.11. The first kappa shape index (κ1) is 10.6. The fourth-order valence-corrected chi connectivity index (χ4v) is 1.75. The van der Waals surface area contributed by atoms with Crippen LogP contribution in [0.5, 0.6) is 0 Å². The molecule has 1 aromatic carbocycles. The maximum Gasteiger partial charge on any atom is 0.261 e. The topological polar surface area (TPSA) is 37.4 Å². The smallest absolute Gasteiger partial charge is 0.261 e. The van der Waals surface area contributed by atoms with Crippen LogP contribution in [-0.2, 0) is 9.59 Å². The lowest BCUT2D eigenvalue weighted by Crippen LogP contribution is -2.30. The maximum absolute atomic E-state index is 11.9. The van der Waals surface area contributed by atoms with Gasteiger partial charge in [0.2, 0.25) is 0 Å². The van der Waals surface area contributed by atoms with E-state index in [-0.39, 0.29) is 11.8 Å². The molecule has 3 heteroatoms. The third-order valence-electron chi connectivity index (χ3n) is 2.69. The number of benzene rings is 1. The van der Waals surface area contributed by atoms with E-state index in [1.807, 2.05) is 31.2 Å². The monoisotopic (exact) mass is 215 g/mol. The Balaban J connectivity index is 2.36. The molecule has 1 heterocycles. The van der Waals surface area contributed by atoms with Crippen molar-refractivity contribution in [2.75, 3.05) is 6.54 Å². The Hall–Kier alpha value is -1.90. The number of carbonyl (C=O) groups is 2. The summed E-state index contributed by atoms with van der Waals surface area (Å²) in [6, 6.07) is 7.60. The van der Waals surface area contributed by atoms with E-state index in [4.69, 9.17) is 0 Å². The Morgan fingerprint density at radius 3 is 2.25 bits per heavy atom. The minimum Gasteiger partial charge on any atom is -0.275 e. The van der Waals surface area contributed by atoms with Crippen LogP contribution in [0.15, 0.2) is 30.3 Å². The summed E-state index contributed by atoms with van der Waals surface area (Å²) in [6.45, 7) is 4.20. The molecule has 0 spiro atoms. The molecule has 0 unspecified atom stereocenters. The van der Waals surface area contributed by atoms with Crippen molar-refractivity contribution < 1.29 is 9.59 Å². The number of rotatable bonds is 2. The quantitative estimate of drug-likeness (QED) is 0.705.